The second-order valence-electron chi connectivity index (χ2n) is 9.89. The molecule has 0 unspecified atom stereocenters. The quantitative estimate of drug-likeness (QED) is 0.207. The summed E-state index contributed by atoms with van der Waals surface area (Å²) < 4.78 is 45.3. The summed E-state index contributed by atoms with van der Waals surface area (Å²) in [7, 11) is 0. The van der Waals surface area contributed by atoms with Gasteiger partial charge in [-0.25, -0.2) is 4.79 Å². The molecule has 5 rings (SSSR count). The third-order valence-corrected chi connectivity index (χ3v) is 9.38. The third kappa shape index (κ3) is 6.25. The minimum Gasteiger partial charge on any atom is -0.458 e. The normalized spacial score (nSPS) is 20.7. The van der Waals surface area contributed by atoms with Gasteiger partial charge in [-0.3, -0.25) is 19.8 Å². The number of anilines is 1. The number of carbonyl (C=O) groups excluding carboxylic acids is 1. The maximum Gasteiger partial charge on any atom is 0.416 e. The van der Waals surface area contributed by atoms with Crippen molar-refractivity contribution in [3.63, 3.8) is 0 Å². The fraction of sp³-hybridized carbons (Fsp3) is 0.462. The predicted octanol–water partition coefficient (Wildman–Crippen LogP) is 5.79. The average Bonchev–Trinajstić information content (AvgIpc) is 3.44. The lowest BCUT2D eigenvalue weighted by atomic mass is 9.87. The number of rotatable bonds is 6. The van der Waals surface area contributed by atoms with Crippen LogP contribution in [0.25, 0.3) is 10.1 Å². The van der Waals surface area contributed by atoms with E-state index < -0.39 is 27.8 Å². The molecule has 0 spiro atoms. The summed E-state index contributed by atoms with van der Waals surface area (Å²) in [5, 5.41) is 13.6. The highest BCUT2D eigenvalue weighted by atomic mass is 32.1. The highest BCUT2D eigenvalue weighted by molar-refractivity contribution is 7.22. The number of esters is 1. The Morgan fingerprint density at radius 2 is 1.82 bits per heavy atom. The molecule has 1 saturated heterocycles. The molecule has 3 heterocycles. The van der Waals surface area contributed by atoms with Crippen molar-refractivity contribution in [3.8, 4) is 0 Å². The molecule has 2 aliphatic rings. The van der Waals surface area contributed by atoms with Crippen molar-refractivity contribution in [2.75, 3.05) is 37.6 Å². The summed E-state index contributed by atoms with van der Waals surface area (Å²) in [6.45, 7) is 3.59. The Labute approximate surface area is 229 Å². The van der Waals surface area contributed by atoms with Gasteiger partial charge >= 0.3 is 12.1 Å². The number of nitrogens with zero attached hydrogens (tertiary/aromatic N) is 3. The Kier molecular flexibility index (Phi) is 7.92. The molecule has 1 aromatic carbocycles. The van der Waals surface area contributed by atoms with Gasteiger partial charge in [-0.2, -0.15) is 13.2 Å². The van der Waals surface area contributed by atoms with Crippen LogP contribution in [0.4, 0.5) is 23.9 Å². The van der Waals surface area contributed by atoms with Crippen LogP contribution in [0.5, 0.6) is 0 Å². The van der Waals surface area contributed by atoms with Gasteiger partial charge in [-0.1, -0.05) is 6.07 Å². The largest absolute Gasteiger partial charge is 0.458 e. The number of alkyl halides is 3. The number of non-ortho nitro benzene ring substituents is 1. The lowest BCUT2D eigenvalue weighted by Crippen LogP contribution is -2.48. The van der Waals surface area contributed by atoms with Gasteiger partial charge in [0.15, 0.2) is 5.43 Å². The monoisotopic (exact) mass is 581 g/mol. The van der Waals surface area contributed by atoms with Crippen LogP contribution in [0.15, 0.2) is 40.5 Å². The smallest absolute Gasteiger partial charge is 0.416 e. The predicted molar refractivity (Wildman–Crippen MR) is 144 cm³/mol. The van der Waals surface area contributed by atoms with Crippen molar-refractivity contribution in [2.45, 2.75) is 38.0 Å². The molecule has 1 aliphatic carbocycles. The van der Waals surface area contributed by atoms with Crippen molar-refractivity contribution in [1.29, 1.82) is 0 Å². The van der Waals surface area contributed by atoms with Crippen molar-refractivity contribution >= 4 is 49.4 Å². The van der Waals surface area contributed by atoms with E-state index in [0.717, 1.165) is 56.7 Å². The molecule has 2 aromatic heterocycles. The lowest BCUT2D eigenvalue weighted by Gasteiger charge is -2.38. The molecule has 0 N–H and O–H groups in total. The minimum atomic E-state index is -4.79. The number of nitro benzene ring substituents is 1. The topological polar surface area (TPSA) is 93.0 Å². The van der Waals surface area contributed by atoms with Crippen LogP contribution in [-0.2, 0) is 10.9 Å². The minimum absolute atomic E-state index is 0.0468. The van der Waals surface area contributed by atoms with Gasteiger partial charge in [0.25, 0.3) is 5.69 Å². The molecule has 0 radical (unpaired) electrons. The van der Waals surface area contributed by atoms with Gasteiger partial charge in [0, 0.05) is 50.2 Å². The molecule has 1 aliphatic heterocycles. The number of hydrogen-bond donors (Lipinski definition) is 0. The average molecular weight is 582 g/mol. The SMILES string of the molecule is O=C(OC1CCC(CN2CCN(c3cc(=O)c4cc(C(F)(F)F)cc([N+](=O)[O-])c4s3)CC2)CC1)c1cccs1. The first kappa shape index (κ1) is 27.5. The summed E-state index contributed by atoms with van der Waals surface area (Å²) in [5.41, 5.74) is -2.58. The molecule has 13 heteroatoms. The van der Waals surface area contributed by atoms with Gasteiger partial charge in [0.05, 0.1) is 15.5 Å². The van der Waals surface area contributed by atoms with Crippen LogP contribution in [0.2, 0.25) is 0 Å². The van der Waals surface area contributed by atoms with Gasteiger partial charge in [0.1, 0.15) is 15.7 Å². The molecule has 3 aromatic rings. The van der Waals surface area contributed by atoms with Crippen molar-refractivity contribution in [1.82, 2.24) is 4.90 Å². The number of nitro groups is 1. The third-order valence-electron chi connectivity index (χ3n) is 7.31. The Morgan fingerprint density at radius 1 is 1.10 bits per heavy atom. The van der Waals surface area contributed by atoms with E-state index in [4.69, 9.17) is 4.74 Å². The summed E-state index contributed by atoms with van der Waals surface area (Å²) in [5.74, 6) is 0.238. The van der Waals surface area contributed by atoms with Crippen molar-refractivity contribution < 1.29 is 27.6 Å². The summed E-state index contributed by atoms with van der Waals surface area (Å²) in [6.07, 6.45) is -1.24. The van der Waals surface area contributed by atoms with E-state index in [1.54, 1.807) is 6.07 Å². The fourth-order valence-corrected chi connectivity index (χ4v) is 7.03. The molecule has 0 bridgehead atoms. The number of halogens is 3. The Bertz CT molecular complexity index is 1410. The molecule has 39 heavy (non-hydrogen) atoms. The maximum atomic E-state index is 13.2. The highest BCUT2D eigenvalue weighted by Crippen LogP contribution is 2.39. The molecule has 2 fully saturated rings. The molecule has 8 nitrogen and oxygen atoms in total. The summed E-state index contributed by atoms with van der Waals surface area (Å²) in [6, 6.07) is 6.07. The Hall–Kier alpha value is -3.03. The van der Waals surface area contributed by atoms with Crippen LogP contribution in [-0.4, -0.2) is 54.6 Å². The molecule has 0 amide bonds. The van der Waals surface area contributed by atoms with Gasteiger partial charge in [0.2, 0.25) is 0 Å². The summed E-state index contributed by atoms with van der Waals surface area (Å²) in [4.78, 5) is 40.5. The second kappa shape index (κ2) is 11.2. The molecule has 0 atom stereocenters. The van der Waals surface area contributed by atoms with E-state index in [-0.39, 0.29) is 22.2 Å². The van der Waals surface area contributed by atoms with Crippen molar-refractivity contribution in [3.05, 3.63) is 66.5 Å². The first-order valence-electron chi connectivity index (χ1n) is 12.6. The maximum absolute atomic E-state index is 13.2. The van der Waals surface area contributed by atoms with Crippen molar-refractivity contribution in [2.24, 2.45) is 5.92 Å². The first-order chi connectivity index (χ1) is 18.6. The summed E-state index contributed by atoms with van der Waals surface area (Å²) >= 11 is 2.35. The number of fused-ring (bicyclic) bond motifs is 1. The Morgan fingerprint density at radius 3 is 2.44 bits per heavy atom. The zero-order valence-corrected chi connectivity index (χ0v) is 22.4. The van der Waals surface area contributed by atoms with E-state index in [0.29, 0.717) is 41.0 Å². The van der Waals surface area contributed by atoms with E-state index >= 15 is 0 Å². The zero-order valence-electron chi connectivity index (χ0n) is 20.8. The Balaban J connectivity index is 1.18. The lowest BCUT2D eigenvalue weighted by molar-refractivity contribution is -0.383. The van der Waals surface area contributed by atoms with Gasteiger partial charge in [-0.15, -0.1) is 22.7 Å². The molecular weight excluding hydrogens is 555 g/mol. The highest BCUT2D eigenvalue weighted by Gasteiger charge is 2.34. The number of ether oxygens (including phenoxy) is 1. The van der Waals surface area contributed by atoms with E-state index in [2.05, 4.69) is 4.90 Å². The number of hydrogen-bond acceptors (Lipinski definition) is 9. The van der Waals surface area contributed by atoms with E-state index in [9.17, 15) is 32.9 Å². The van der Waals surface area contributed by atoms with Crippen LogP contribution >= 0.6 is 22.7 Å². The zero-order chi connectivity index (χ0) is 27.7. The van der Waals surface area contributed by atoms with Gasteiger partial charge < -0.3 is 9.64 Å². The second-order valence-corrected chi connectivity index (χ2v) is 11.9. The van der Waals surface area contributed by atoms with E-state index in [1.807, 2.05) is 16.3 Å². The molecule has 208 valence electrons. The fourth-order valence-electron chi connectivity index (χ4n) is 5.24. The first-order valence-corrected chi connectivity index (χ1v) is 14.3. The molecule has 1 saturated carbocycles. The number of carbonyl (C=O) groups is 1. The van der Waals surface area contributed by atoms with E-state index in [1.165, 1.54) is 17.4 Å². The van der Waals surface area contributed by atoms with Crippen LogP contribution in [0.3, 0.4) is 0 Å². The number of benzene rings is 1. The molecular formula is C26H26F3N3O5S2. The van der Waals surface area contributed by atoms with Crippen LogP contribution < -0.4 is 10.3 Å². The standard InChI is InChI=1S/C26H26F3N3O5S2/c27-26(28,29)17-12-19-21(33)14-23(39-24(19)20(13-17)32(35)36)31-9-7-30(8-10-31)15-16-3-5-18(6-4-16)37-25(34)22-2-1-11-38-22/h1-2,11-14,16,18H,3-10,15H2. The van der Waals surface area contributed by atoms with Crippen LogP contribution in [0, 0.1) is 16.0 Å². The van der Waals surface area contributed by atoms with Crippen LogP contribution in [0.1, 0.15) is 40.9 Å². The van der Waals surface area contributed by atoms with Gasteiger partial charge in [-0.05, 0) is 49.1 Å². The number of thiophene rings is 1. The number of piperazine rings is 1.